The van der Waals surface area contributed by atoms with Crippen LogP contribution in [-0.4, -0.2) is 50.9 Å². The average molecular weight is 586 g/mol. The minimum atomic E-state index is -4.17. The van der Waals surface area contributed by atoms with Gasteiger partial charge in [-0.1, -0.05) is 47.5 Å². The predicted molar refractivity (Wildman–Crippen MR) is 158 cm³/mol. The van der Waals surface area contributed by atoms with E-state index >= 15 is 0 Å². The molecular formula is C30H36ClN3O5S. The summed E-state index contributed by atoms with van der Waals surface area (Å²) in [6.45, 7) is 8.50. The third-order valence-corrected chi connectivity index (χ3v) is 8.64. The van der Waals surface area contributed by atoms with Crippen molar-refractivity contribution in [3.05, 3.63) is 88.4 Å². The van der Waals surface area contributed by atoms with E-state index in [2.05, 4.69) is 5.32 Å². The van der Waals surface area contributed by atoms with Crippen molar-refractivity contribution in [3.63, 3.8) is 0 Å². The number of methoxy groups -OCH3 is 1. The fourth-order valence-electron chi connectivity index (χ4n) is 4.02. The maximum Gasteiger partial charge on any atom is 0.264 e. The van der Waals surface area contributed by atoms with E-state index in [-0.39, 0.29) is 29.1 Å². The maximum atomic E-state index is 14.0. The molecule has 40 heavy (non-hydrogen) atoms. The highest BCUT2D eigenvalue weighted by Crippen LogP contribution is 2.29. The maximum absolute atomic E-state index is 14.0. The quantitative estimate of drug-likeness (QED) is 0.338. The van der Waals surface area contributed by atoms with Gasteiger partial charge >= 0.3 is 0 Å². The number of anilines is 1. The molecule has 0 aliphatic heterocycles. The molecule has 1 N–H and O–H groups in total. The molecule has 0 bridgehead atoms. The number of benzene rings is 3. The van der Waals surface area contributed by atoms with Crippen molar-refractivity contribution in [1.29, 1.82) is 0 Å². The van der Waals surface area contributed by atoms with E-state index in [0.29, 0.717) is 10.8 Å². The zero-order valence-electron chi connectivity index (χ0n) is 23.6. The van der Waals surface area contributed by atoms with Crippen molar-refractivity contribution in [3.8, 4) is 5.75 Å². The summed E-state index contributed by atoms with van der Waals surface area (Å²) in [6.07, 6.45) is 0. The summed E-state index contributed by atoms with van der Waals surface area (Å²) in [5.74, 6) is -0.239. The van der Waals surface area contributed by atoms with Gasteiger partial charge in [0, 0.05) is 17.6 Å². The molecule has 0 fully saturated rings. The summed E-state index contributed by atoms with van der Waals surface area (Å²) in [6, 6.07) is 17.4. The van der Waals surface area contributed by atoms with Crippen LogP contribution in [0.2, 0.25) is 5.02 Å². The van der Waals surface area contributed by atoms with Gasteiger partial charge in [-0.05, 0) is 82.1 Å². The molecule has 3 aromatic rings. The Kier molecular flexibility index (Phi) is 10.2. The Bertz CT molecular complexity index is 1440. The molecule has 1 atom stereocenters. The minimum Gasteiger partial charge on any atom is -0.497 e. The van der Waals surface area contributed by atoms with E-state index in [1.807, 2.05) is 27.7 Å². The standard InChI is InChI=1S/C30H36ClN3O5S/c1-20(2)32-30(36)23(5)33(18-24-10-13-26(39-6)14-11-24)29(35)19-34(25-12-9-22(4)28(31)17-25)40(37,38)27-15-7-21(3)8-16-27/h7-17,20,23H,18-19H2,1-6H3,(H,32,36)/t23-/m0/s1. The van der Waals surface area contributed by atoms with E-state index in [4.69, 9.17) is 16.3 Å². The van der Waals surface area contributed by atoms with Gasteiger partial charge in [-0.3, -0.25) is 13.9 Å². The highest BCUT2D eigenvalue weighted by atomic mass is 35.5. The summed E-state index contributed by atoms with van der Waals surface area (Å²) in [4.78, 5) is 28.4. The van der Waals surface area contributed by atoms with Crippen LogP contribution in [0.25, 0.3) is 0 Å². The Morgan fingerprint density at radius 2 is 1.57 bits per heavy atom. The van der Waals surface area contributed by atoms with Gasteiger partial charge in [-0.25, -0.2) is 8.42 Å². The Morgan fingerprint density at radius 3 is 2.12 bits per heavy atom. The molecule has 0 radical (unpaired) electrons. The summed E-state index contributed by atoms with van der Waals surface area (Å²) in [5, 5.41) is 3.21. The Balaban J connectivity index is 2.05. The number of carbonyl (C=O) groups excluding carboxylic acids is 2. The molecule has 0 aliphatic carbocycles. The lowest BCUT2D eigenvalue weighted by molar-refractivity contribution is -0.139. The van der Waals surface area contributed by atoms with Crippen molar-refractivity contribution in [2.24, 2.45) is 0 Å². The molecule has 0 aromatic heterocycles. The number of aryl methyl sites for hydroxylation is 2. The smallest absolute Gasteiger partial charge is 0.264 e. The topological polar surface area (TPSA) is 96.0 Å². The summed E-state index contributed by atoms with van der Waals surface area (Å²) in [5.41, 5.74) is 2.66. The first-order valence-corrected chi connectivity index (χ1v) is 14.7. The second-order valence-corrected chi connectivity index (χ2v) is 12.2. The second-order valence-electron chi connectivity index (χ2n) is 9.97. The SMILES string of the molecule is COc1ccc(CN(C(=O)CN(c2ccc(C)c(Cl)c2)S(=O)(=O)c2ccc(C)cc2)[C@@H](C)C(=O)NC(C)C)cc1. The van der Waals surface area contributed by atoms with E-state index in [9.17, 15) is 18.0 Å². The lowest BCUT2D eigenvalue weighted by Crippen LogP contribution is -2.52. The van der Waals surface area contributed by atoms with Gasteiger partial charge in [0.05, 0.1) is 17.7 Å². The van der Waals surface area contributed by atoms with Gasteiger partial charge < -0.3 is 15.0 Å². The van der Waals surface area contributed by atoms with E-state index in [1.165, 1.54) is 23.1 Å². The Hall–Kier alpha value is -3.56. The highest BCUT2D eigenvalue weighted by Gasteiger charge is 2.33. The van der Waals surface area contributed by atoms with Crippen LogP contribution in [0, 0.1) is 13.8 Å². The van der Waals surface area contributed by atoms with Crippen molar-refractivity contribution < 1.29 is 22.7 Å². The van der Waals surface area contributed by atoms with Crippen LogP contribution in [0.15, 0.2) is 71.6 Å². The zero-order chi connectivity index (χ0) is 29.6. The number of halogens is 1. The van der Waals surface area contributed by atoms with Crippen molar-refractivity contribution >= 4 is 39.1 Å². The summed E-state index contributed by atoms with van der Waals surface area (Å²) in [7, 11) is -2.61. The molecule has 3 aromatic carbocycles. The van der Waals surface area contributed by atoms with E-state index < -0.39 is 28.5 Å². The zero-order valence-corrected chi connectivity index (χ0v) is 25.2. The number of carbonyl (C=O) groups is 2. The molecule has 0 spiro atoms. The molecule has 3 rings (SSSR count). The number of hydrogen-bond acceptors (Lipinski definition) is 5. The van der Waals surface area contributed by atoms with Crippen LogP contribution in [-0.2, 0) is 26.2 Å². The normalized spacial score (nSPS) is 12.1. The molecule has 0 heterocycles. The first-order valence-electron chi connectivity index (χ1n) is 12.9. The fourth-order valence-corrected chi connectivity index (χ4v) is 5.60. The largest absolute Gasteiger partial charge is 0.497 e. The third-order valence-electron chi connectivity index (χ3n) is 6.44. The van der Waals surface area contributed by atoms with Gasteiger partial charge in [-0.2, -0.15) is 0 Å². The number of sulfonamides is 1. The van der Waals surface area contributed by atoms with Crippen LogP contribution in [0.4, 0.5) is 5.69 Å². The van der Waals surface area contributed by atoms with Gasteiger partial charge in [0.15, 0.2) is 0 Å². The fraction of sp³-hybridized carbons (Fsp3) is 0.333. The molecule has 214 valence electrons. The molecule has 0 unspecified atom stereocenters. The molecule has 0 saturated heterocycles. The highest BCUT2D eigenvalue weighted by molar-refractivity contribution is 7.92. The molecule has 0 aliphatic rings. The molecule has 8 nitrogen and oxygen atoms in total. The summed E-state index contributed by atoms with van der Waals surface area (Å²) >= 11 is 6.37. The Labute approximate surface area is 241 Å². The number of nitrogens with one attached hydrogen (secondary N) is 1. The molecule has 2 amide bonds. The van der Waals surface area contributed by atoms with Gasteiger partial charge in [0.2, 0.25) is 11.8 Å². The van der Waals surface area contributed by atoms with Gasteiger partial charge in [-0.15, -0.1) is 0 Å². The lowest BCUT2D eigenvalue weighted by atomic mass is 10.1. The summed E-state index contributed by atoms with van der Waals surface area (Å²) < 4.78 is 34.1. The van der Waals surface area contributed by atoms with Crippen LogP contribution in [0.3, 0.4) is 0 Å². The average Bonchev–Trinajstić information content (AvgIpc) is 2.91. The van der Waals surface area contributed by atoms with Gasteiger partial charge in [0.25, 0.3) is 10.0 Å². The molecular weight excluding hydrogens is 550 g/mol. The monoisotopic (exact) mass is 585 g/mol. The van der Waals surface area contributed by atoms with Crippen molar-refractivity contribution in [2.45, 2.75) is 58.1 Å². The van der Waals surface area contributed by atoms with Gasteiger partial charge in [0.1, 0.15) is 18.3 Å². The van der Waals surface area contributed by atoms with Crippen molar-refractivity contribution in [2.75, 3.05) is 18.0 Å². The number of ether oxygens (including phenoxy) is 1. The Morgan fingerprint density at radius 1 is 0.950 bits per heavy atom. The first-order chi connectivity index (χ1) is 18.8. The minimum absolute atomic E-state index is 0.0369. The van der Waals surface area contributed by atoms with Crippen molar-refractivity contribution in [1.82, 2.24) is 10.2 Å². The lowest BCUT2D eigenvalue weighted by Gasteiger charge is -2.32. The number of nitrogens with zero attached hydrogens (tertiary/aromatic N) is 2. The van der Waals surface area contributed by atoms with Crippen LogP contribution in [0.5, 0.6) is 5.75 Å². The van der Waals surface area contributed by atoms with Crippen LogP contribution < -0.4 is 14.4 Å². The number of hydrogen-bond donors (Lipinski definition) is 1. The van der Waals surface area contributed by atoms with Crippen LogP contribution in [0.1, 0.15) is 37.5 Å². The number of amides is 2. The second kappa shape index (κ2) is 13.2. The first kappa shape index (κ1) is 31.0. The van der Waals surface area contributed by atoms with E-state index in [0.717, 1.165) is 21.0 Å². The molecule has 0 saturated carbocycles. The predicted octanol–water partition coefficient (Wildman–Crippen LogP) is 5.10. The van der Waals surface area contributed by atoms with Crippen LogP contribution >= 0.6 is 11.6 Å². The molecule has 10 heteroatoms. The number of rotatable bonds is 11. The third kappa shape index (κ3) is 7.55. The van der Waals surface area contributed by atoms with E-state index in [1.54, 1.807) is 62.6 Å².